The van der Waals surface area contributed by atoms with Crippen LogP contribution in [0.15, 0.2) is 0 Å². The SMILES string of the molecule is CCCCCN(CC(C)(C)CN)C(C)C. The van der Waals surface area contributed by atoms with E-state index >= 15 is 0 Å². The highest BCUT2D eigenvalue weighted by atomic mass is 15.1. The van der Waals surface area contributed by atoms with E-state index in [1.54, 1.807) is 0 Å². The van der Waals surface area contributed by atoms with Crippen LogP contribution in [0.3, 0.4) is 0 Å². The summed E-state index contributed by atoms with van der Waals surface area (Å²) in [4.78, 5) is 2.56. The van der Waals surface area contributed by atoms with Crippen molar-refractivity contribution in [2.75, 3.05) is 19.6 Å². The van der Waals surface area contributed by atoms with Gasteiger partial charge in [-0.05, 0) is 38.8 Å². The molecule has 0 rings (SSSR count). The van der Waals surface area contributed by atoms with E-state index in [9.17, 15) is 0 Å². The van der Waals surface area contributed by atoms with Crippen molar-refractivity contribution >= 4 is 0 Å². The summed E-state index contributed by atoms with van der Waals surface area (Å²) < 4.78 is 0. The molecule has 0 aromatic rings. The Morgan fingerprint density at radius 3 is 2.20 bits per heavy atom. The topological polar surface area (TPSA) is 29.3 Å². The van der Waals surface area contributed by atoms with E-state index in [1.807, 2.05) is 0 Å². The summed E-state index contributed by atoms with van der Waals surface area (Å²) in [6.07, 6.45) is 3.95. The highest BCUT2D eigenvalue weighted by Gasteiger charge is 2.21. The first-order chi connectivity index (χ1) is 6.93. The molecular formula is C13H30N2. The van der Waals surface area contributed by atoms with Crippen molar-refractivity contribution in [3.8, 4) is 0 Å². The summed E-state index contributed by atoms with van der Waals surface area (Å²) in [6.45, 7) is 14.4. The van der Waals surface area contributed by atoms with Crippen molar-refractivity contribution in [2.24, 2.45) is 11.1 Å². The predicted octanol–water partition coefficient (Wildman–Crippen LogP) is 2.87. The van der Waals surface area contributed by atoms with Crippen LogP contribution in [0.25, 0.3) is 0 Å². The van der Waals surface area contributed by atoms with Gasteiger partial charge in [-0.15, -0.1) is 0 Å². The van der Waals surface area contributed by atoms with Gasteiger partial charge in [-0.25, -0.2) is 0 Å². The molecule has 0 aromatic carbocycles. The molecular weight excluding hydrogens is 184 g/mol. The summed E-state index contributed by atoms with van der Waals surface area (Å²) in [5.74, 6) is 0. The molecule has 0 bridgehead atoms. The maximum Gasteiger partial charge on any atom is 0.00475 e. The zero-order valence-corrected chi connectivity index (χ0v) is 11.3. The summed E-state index contributed by atoms with van der Waals surface area (Å²) in [6, 6.07) is 0.632. The summed E-state index contributed by atoms with van der Waals surface area (Å²) in [7, 11) is 0. The van der Waals surface area contributed by atoms with Crippen LogP contribution in [0.1, 0.15) is 53.9 Å². The zero-order chi connectivity index (χ0) is 11.9. The Morgan fingerprint density at radius 1 is 1.20 bits per heavy atom. The molecule has 2 N–H and O–H groups in total. The van der Waals surface area contributed by atoms with E-state index < -0.39 is 0 Å². The van der Waals surface area contributed by atoms with Gasteiger partial charge >= 0.3 is 0 Å². The molecule has 0 spiro atoms. The largest absolute Gasteiger partial charge is 0.330 e. The molecule has 0 saturated carbocycles. The molecule has 92 valence electrons. The van der Waals surface area contributed by atoms with Crippen molar-refractivity contribution in [3.05, 3.63) is 0 Å². The van der Waals surface area contributed by atoms with Crippen molar-refractivity contribution in [2.45, 2.75) is 59.9 Å². The maximum absolute atomic E-state index is 5.78. The van der Waals surface area contributed by atoms with Crippen molar-refractivity contribution in [1.82, 2.24) is 4.90 Å². The van der Waals surface area contributed by atoms with Gasteiger partial charge in [0.25, 0.3) is 0 Å². The summed E-state index contributed by atoms with van der Waals surface area (Å²) in [5.41, 5.74) is 6.03. The smallest absolute Gasteiger partial charge is 0.00475 e. The number of nitrogens with two attached hydrogens (primary N) is 1. The molecule has 2 heteroatoms. The minimum Gasteiger partial charge on any atom is -0.330 e. The fraction of sp³-hybridized carbons (Fsp3) is 1.00. The molecule has 0 aliphatic heterocycles. The lowest BCUT2D eigenvalue weighted by atomic mass is 9.92. The van der Waals surface area contributed by atoms with Gasteiger partial charge in [-0.3, -0.25) is 0 Å². The molecule has 0 saturated heterocycles. The van der Waals surface area contributed by atoms with Gasteiger partial charge < -0.3 is 10.6 Å². The van der Waals surface area contributed by atoms with Crippen molar-refractivity contribution in [1.29, 1.82) is 0 Å². The Labute approximate surface area is 96.2 Å². The highest BCUT2D eigenvalue weighted by Crippen LogP contribution is 2.17. The molecule has 0 aliphatic carbocycles. The van der Waals surface area contributed by atoms with E-state index in [4.69, 9.17) is 5.73 Å². The van der Waals surface area contributed by atoms with Crippen LogP contribution in [0.4, 0.5) is 0 Å². The first-order valence-corrected chi connectivity index (χ1v) is 6.37. The molecule has 0 atom stereocenters. The first-order valence-electron chi connectivity index (χ1n) is 6.37. The Morgan fingerprint density at radius 2 is 1.80 bits per heavy atom. The van der Waals surface area contributed by atoms with Gasteiger partial charge in [0.05, 0.1) is 0 Å². The van der Waals surface area contributed by atoms with Crippen LogP contribution in [0.5, 0.6) is 0 Å². The number of hydrogen-bond acceptors (Lipinski definition) is 2. The van der Waals surface area contributed by atoms with Gasteiger partial charge in [0.1, 0.15) is 0 Å². The fourth-order valence-electron chi connectivity index (χ4n) is 1.70. The molecule has 2 nitrogen and oxygen atoms in total. The zero-order valence-electron chi connectivity index (χ0n) is 11.3. The third kappa shape index (κ3) is 6.91. The molecule has 0 aliphatic rings. The van der Waals surface area contributed by atoms with E-state index in [0.29, 0.717) is 6.04 Å². The van der Waals surface area contributed by atoms with Crippen LogP contribution >= 0.6 is 0 Å². The quantitative estimate of drug-likeness (QED) is 0.630. The van der Waals surface area contributed by atoms with E-state index in [2.05, 4.69) is 39.5 Å². The van der Waals surface area contributed by atoms with Gasteiger partial charge in [0.2, 0.25) is 0 Å². The molecule has 0 unspecified atom stereocenters. The van der Waals surface area contributed by atoms with Crippen molar-refractivity contribution < 1.29 is 0 Å². The highest BCUT2D eigenvalue weighted by molar-refractivity contribution is 4.76. The van der Waals surface area contributed by atoms with E-state index in [1.165, 1.54) is 25.8 Å². The van der Waals surface area contributed by atoms with Gasteiger partial charge in [0.15, 0.2) is 0 Å². The minimum absolute atomic E-state index is 0.247. The summed E-state index contributed by atoms with van der Waals surface area (Å²) >= 11 is 0. The Balaban J connectivity index is 4.04. The number of nitrogens with zero attached hydrogens (tertiary/aromatic N) is 1. The maximum atomic E-state index is 5.78. The lowest BCUT2D eigenvalue weighted by Gasteiger charge is -2.34. The lowest BCUT2D eigenvalue weighted by Crippen LogP contribution is -2.42. The van der Waals surface area contributed by atoms with Crippen LogP contribution in [0.2, 0.25) is 0 Å². The second-order valence-electron chi connectivity index (χ2n) is 5.64. The second kappa shape index (κ2) is 7.24. The standard InChI is InChI=1S/C13H30N2/c1-6-7-8-9-15(12(2)3)11-13(4,5)10-14/h12H,6-11,14H2,1-5H3. The first kappa shape index (κ1) is 14.9. The van der Waals surface area contributed by atoms with Crippen LogP contribution in [-0.4, -0.2) is 30.6 Å². The second-order valence-corrected chi connectivity index (χ2v) is 5.64. The minimum atomic E-state index is 0.247. The average molecular weight is 214 g/mol. The Kier molecular flexibility index (Phi) is 7.20. The molecule has 0 radical (unpaired) electrons. The molecule has 0 heterocycles. The lowest BCUT2D eigenvalue weighted by molar-refractivity contribution is 0.146. The van der Waals surface area contributed by atoms with Crippen LogP contribution < -0.4 is 5.73 Å². The van der Waals surface area contributed by atoms with Crippen LogP contribution in [-0.2, 0) is 0 Å². The number of rotatable bonds is 8. The third-order valence-electron chi connectivity index (χ3n) is 2.96. The normalized spacial score (nSPS) is 12.8. The Hall–Kier alpha value is -0.0800. The monoisotopic (exact) mass is 214 g/mol. The van der Waals surface area contributed by atoms with Crippen LogP contribution in [0, 0.1) is 5.41 Å². The van der Waals surface area contributed by atoms with Crippen molar-refractivity contribution in [3.63, 3.8) is 0 Å². The average Bonchev–Trinajstić information content (AvgIpc) is 2.16. The third-order valence-corrected chi connectivity index (χ3v) is 2.96. The van der Waals surface area contributed by atoms with E-state index in [0.717, 1.165) is 13.1 Å². The van der Waals surface area contributed by atoms with Gasteiger partial charge in [0, 0.05) is 12.6 Å². The predicted molar refractivity (Wildman–Crippen MR) is 69.1 cm³/mol. The molecule has 0 amide bonds. The summed E-state index contributed by atoms with van der Waals surface area (Å²) in [5, 5.41) is 0. The number of unbranched alkanes of at least 4 members (excludes halogenated alkanes) is 2. The molecule has 15 heavy (non-hydrogen) atoms. The molecule has 0 aromatic heterocycles. The van der Waals surface area contributed by atoms with Gasteiger partial charge in [-0.1, -0.05) is 33.6 Å². The van der Waals surface area contributed by atoms with E-state index in [-0.39, 0.29) is 5.41 Å². The number of hydrogen-bond donors (Lipinski definition) is 1. The van der Waals surface area contributed by atoms with Gasteiger partial charge in [-0.2, -0.15) is 0 Å². The molecule has 0 fully saturated rings. The Bertz CT molecular complexity index is 153. The fourth-order valence-corrected chi connectivity index (χ4v) is 1.70.